The summed E-state index contributed by atoms with van der Waals surface area (Å²) in [4.78, 5) is 96.1. The first kappa shape index (κ1) is 60.2. The van der Waals surface area contributed by atoms with Crippen molar-refractivity contribution in [3.8, 4) is 0 Å². The van der Waals surface area contributed by atoms with Gasteiger partial charge in [-0.25, -0.2) is 19.3 Å². The van der Waals surface area contributed by atoms with E-state index in [0.29, 0.717) is 28.3 Å². The van der Waals surface area contributed by atoms with Crippen LogP contribution in [-0.4, -0.2) is 108 Å². The number of thiazole rings is 1. The van der Waals surface area contributed by atoms with E-state index in [1.807, 2.05) is 159 Å². The molecule has 0 radical (unpaired) electrons. The van der Waals surface area contributed by atoms with E-state index in [0.717, 1.165) is 32.4 Å². The lowest BCUT2D eigenvalue weighted by atomic mass is 9.77. The zero-order chi connectivity index (χ0) is 59.2. The number of aromatic nitrogens is 4. The predicted molar refractivity (Wildman–Crippen MR) is 323 cm³/mol. The molecule has 4 heterocycles. The molecule has 0 spiro atoms. The number of thiocarbonyl (C=S) groups is 1. The lowest BCUT2D eigenvalue weighted by molar-refractivity contribution is -0.154. The minimum atomic E-state index is -1.23. The molecular weight excluding hydrogens is 1130 g/mol. The van der Waals surface area contributed by atoms with Gasteiger partial charge in [-0.3, -0.25) is 28.6 Å². The van der Waals surface area contributed by atoms with Gasteiger partial charge in [-0.05, 0) is 53.7 Å². The molecule has 1 fully saturated rings. The van der Waals surface area contributed by atoms with Gasteiger partial charge in [0.2, 0.25) is 6.61 Å². The molecule has 2 amide bonds. The molecule has 0 aliphatic carbocycles. The van der Waals surface area contributed by atoms with Crippen LogP contribution in [0.3, 0.4) is 0 Å². The predicted octanol–water partition coefficient (Wildman–Crippen LogP) is 8.06. The summed E-state index contributed by atoms with van der Waals surface area (Å²) >= 11 is 8.44. The van der Waals surface area contributed by atoms with Crippen molar-refractivity contribution in [2.45, 2.75) is 75.9 Å². The highest BCUT2D eigenvalue weighted by Gasteiger charge is 2.55. The number of fused-ring (bicyclic) bond motifs is 1. The fourth-order valence-corrected chi connectivity index (χ4v) is 12.2. The van der Waals surface area contributed by atoms with Crippen LogP contribution in [0.1, 0.15) is 85.5 Å². The molecule has 9 rings (SSSR count). The van der Waals surface area contributed by atoms with Crippen molar-refractivity contribution in [2.75, 3.05) is 37.5 Å². The Bertz CT molecular complexity index is 3500. The highest BCUT2D eigenvalue weighted by Crippen LogP contribution is 2.44. The Morgan fingerprint density at radius 3 is 1.89 bits per heavy atom. The number of unbranched alkanes of at least 4 members (excludes halogenated alkanes) is 1. The fraction of sp³-hybridized carbons (Fsp3) is 0.290. The average molecular weight is 1190 g/mol. The second-order valence-electron chi connectivity index (χ2n) is 19.3. The standard InChI is InChI=1S/C62H62N8O11S3/c1-5-8-34-79-48(71)37-80-67-50(46-39-84-61(63-46)65-62(43-28-18-11-19-29-43,44-30-20-12-21-31-44)45-32-22-13-23-33-45)55(72)64-51-56(73)70-52(60(76)81-53(40-24-14-9-15-25-40)41-26-16-10-17-27-41)42(38-83-59(51)70)35-47(82)54-66-69(58(75)57(74)68(54)4)36-49(77-6-2)78-7-3/h9-33,39,49,51,53,59H,5-8,34-38H2,1-4H3,(H,63,65)(H,64,72). The first-order valence-corrected chi connectivity index (χ1v) is 29.7. The van der Waals surface area contributed by atoms with E-state index in [9.17, 15) is 24.0 Å². The van der Waals surface area contributed by atoms with Gasteiger partial charge in [0.1, 0.15) is 28.3 Å². The Labute approximate surface area is 498 Å². The normalized spacial score (nSPS) is 15.1. The molecule has 2 atom stereocenters. The molecule has 2 N–H and O–H groups in total. The SMILES string of the molecule is CCCCOC(=O)CON=C(C(=O)NC1C(=O)N2C(C(=O)OC(c3ccccc3)c3ccccc3)=C(CC(=S)c3nn(CC(OCC)OCC)c(=O)c(=O)n3C)CSC12)c1csc(NC(c2ccccc2)(c2ccccc2)c2ccccc2)n1. The summed E-state index contributed by atoms with van der Waals surface area (Å²) in [7, 11) is 1.37. The van der Waals surface area contributed by atoms with Gasteiger partial charge in [0.05, 0.1) is 18.0 Å². The van der Waals surface area contributed by atoms with Crippen LogP contribution >= 0.6 is 35.3 Å². The van der Waals surface area contributed by atoms with Gasteiger partial charge in [-0.1, -0.05) is 182 Å². The number of nitrogens with one attached hydrogen (secondary N) is 2. The molecule has 1 saturated heterocycles. The second kappa shape index (κ2) is 28.2. The lowest BCUT2D eigenvalue weighted by Gasteiger charge is -2.49. The summed E-state index contributed by atoms with van der Waals surface area (Å²) in [6.45, 7) is 5.37. The lowest BCUT2D eigenvalue weighted by Crippen LogP contribution is -2.71. The van der Waals surface area contributed by atoms with Gasteiger partial charge < -0.3 is 34.4 Å². The van der Waals surface area contributed by atoms with Crippen molar-refractivity contribution in [2.24, 2.45) is 12.2 Å². The maximum atomic E-state index is 15.1. The first-order valence-electron chi connectivity index (χ1n) is 27.4. The van der Waals surface area contributed by atoms with Crippen LogP contribution in [-0.2, 0) is 62.1 Å². The highest BCUT2D eigenvalue weighted by molar-refractivity contribution is 8.00. The van der Waals surface area contributed by atoms with Gasteiger partial charge in [0.25, 0.3) is 11.8 Å². The smallest absolute Gasteiger partial charge is 0.356 e. The molecule has 2 aliphatic rings. The van der Waals surface area contributed by atoms with Crippen LogP contribution in [0.15, 0.2) is 183 Å². The first-order chi connectivity index (χ1) is 40.9. The van der Waals surface area contributed by atoms with Crippen molar-refractivity contribution < 1.29 is 43.0 Å². The van der Waals surface area contributed by atoms with E-state index in [1.54, 1.807) is 19.2 Å². The zero-order valence-corrected chi connectivity index (χ0v) is 49.0. The molecule has 0 bridgehead atoms. The zero-order valence-electron chi connectivity index (χ0n) is 46.6. The largest absolute Gasteiger partial charge is 0.463 e. The van der Waals surface area contributed by atoms with Crippen LogP contribution in [0.2, 0.25) is 0 Å². The van der Waals surface area contributed by atoms with Crippen LogP contribution in [0.4, 0.5) is 5.13 Å². The monoisotopic (exact) mass is 1190 g/mol. The highest BCUT2D eigenvalue weighted by atomic mass is 32.2. The number of amides is 2. The number of carbonyl (C=O) groups excluding carboxylic acids is 4. The molecule has 2 unspecified atom stereocenters. The quantitative estimate of drug-likeness (QED) is 0.00475. The topological polar surface area (TPSA) is 224 Å². The number of anilines is 1. The number of nitrogens with zero attached hydrogens (tertiary/aromatic N) is 6. The Hall–Kier alpha value is -8.41. The number of carbonyl (C=O) groups is 4. The van der Waals surface area contributed by atoms with Crippen molar-refractivity contribution in [3.05, 3.63) is 228 Å². The number of ether oxygens (including phenoxy) is 4. The number of benzene rings is 5. The summed E-state index contributed by atoms with van der Waals surface area (Å²) in [6, 6.07) is 46.7. The summed E-state index contributed by atoms with van der Waals surface area (Å²) in [5.74, 6) is -3.03. The van der Waals surface area contributed by atoms with E-state index in [4.69, 9.17) is 41.0 Å². The van der Waals surface area contributed by atoms with E-state index < -0.39 is 70.8 Å². The van der Waals surface area contributed by atoms with Crippen LogP contribution < -0.4 is 21.8 Å². The average Bonchev–Trinajstić information content (AvgIpc) is 4.02. The Morgan fingerprint density at radius 1 is 0.786 bits per heavy atom. The van der Waals surface area contributed by atoms with Crippen LogP contribution in [0, 0.1) is 0 Å². The third-order valence-electron chi connectivity index (χ3n) is 13.8. The van der Waals surface area contributed by atoms with Crippen molar-refractivity contribution in [3.63, 3.8) is 0 Å². The number of oxime groups is 1. The van der Waals surface area contributed by atoms with Crippen molar-refractivity contribution >= 4 is 74.8 Å². The maximum Gasteiger partial charge on any atom is 0.356 e. The minimum absolute atomic E-state index is 0.0326. The number of hydrogen-bond donors (Lipinski definition) is 2. The summed E-state index contributed by atoms with van der Waals surface area (Å²) in [5, 5.41) is 16.4. The van der Waals surface area contributed by atoms with E-state index in [1.165, 1.54) is 35.0 Å². The van der Waals surface area contributed by atoms with Crippen molar-refractivity contribution in [1.29, 1.82) is 0 Å². The molecule has 84 heavy (non-hydrogen) atoms. The number of hydrogen-bond acceptors (Lipinski definition) is 18. The summed E-state index contributed by atoms with van der Waals surface area (Å²) in [6.07, 6.45) is -0.546. The molecule has 2 aromatic heterocycles. The van der Waals surface area contributed by atoms with Crippen molar-refractivity contribution in [1.82, 2.24) is 29.5 Å². The molecule has 5 aromatic carbocycles. The Kier molecular flexibility index (Phi) is 20.2. The molecule has 0 saturated carbocycles. The number of β-lactam (4-membered cyclic amide) rings is 1. The van der Waals surface area contributed by atoms with Gasteiger partial charge in [0, 0.05) is 37.8 Å². The number of thioether (sulfide) groups is 1. The van der Waals surface area contributed by atoms with E-state index in [-0.39, 0.29) is 66.3 Å². The maximum absolute atomic E-state index is 15.1. The number of esters is 2. The summed E-state index contributed by atoms with van der Waals surface area (Å²) < 4.78 is 25.0. The van der Waals surface area contributed by atoms with Crippen LogP contribution in [0.5, 0.6) is 0 Å². The van der Waals surface area contributed by atoms with E-state index >= 15 is 4.79 Å². The minimum Gasteiger partial charge on any atom is -0.463 e. The second-order valence-corrected chi connectivity index (χ2v) is 21.8. The third-order valence-corrected chi connectivity index (χ3v) is 16.3. The molecule has 7 aromatic rings. The van der Waals surface area contributed by atoms with Gasteiger partial charge in [0.15, 0.2) is 29.1 Å². The van der Waals surface area contributed by atoms with E-state index in [2.05, 4.69) is 20.9 Å². The van der Waals surface area contributed by atoms with Crippen LogP contribution in [0.25, 0.3) is 0 Å². The third kappa shape index (κ3) is 13.5. The molecule has 19 nitrogen and oxygen atoms in total. The van der Waals surface area contributed by atoms with Gasteiger partial charge in [-0.15, -0.1) is 28.2 Å². The molecule has 22 heteroatoms. The molecular formula is C62H62N8O11S3. The fourth-order valence-electron chi connectivity index (χ4n) is 9.75. The van der Waals surface area contributed by atoms with Gasteiger partial charge >= 0.3 is 23.1 Å². The van der Waals surface area contributed by atoms with Gasteiger partial charge in [-0.2, -0.15) is 0 Å². The molecule has 2 aliphatic heterocycles. The summed E-state index contributed by atoms with van der Waals surface area (Å²) in [5.41, 5.74) is 1.18. The number of rotatable bonds is 27. The Morgan fingerprint density at radius 2 is 1.35 bits per heavy atom. The Balaban J connectivity index is 1.05. The molecule has 434 valence electrons.